The first-order valence-corrected chi connectivity index (χ1v) is 8.66. The molecule has 0 aliphatic carbocycles. The topological polar surface area (TPSA) is 52.4 Å². The summed E-state index contributed by atoms with van der Waals surface area (Å²) in [5.74, 6) is 2.46. The second kappa shape index (κ2) is 7.66. The highest BCUT2D eigenvalue weighted by Gasteiger charge is 2.20. The van der Waals surface area contributed by atoms with Gasteiger partial charge in [-0.3, -0.25) is 0 Å². The van der Waals surface area contributed by atoms with Gasteiger partial charge in [-0.15, -0.1) is 5.10 Å². The van der Waals surface area contributed by atoms with E-state index < -0.39 is 0 Å². The van der Waals surface area contributed by atoms with Gasteiger partial charge in [-0.05, 0) is 25.5 Å². The summed E-state index contributed by atoms with van der Waals surface area (Å²) in [6.45, 7) is 8.12. The molecule has 24 heavy (non-hydrogen) atoms. The van der Waals surface area contributed by atoms with Crippen LogP contribution >= 0.6 is 0 Å². The monoisotopic (exact) mass is 330 g/mol. The van der Waals surface area contributed by atoms with Gasteiger partial charge in [-0.25, -0.2) is 4.68 Å². The Balaban J connectivity index is 1.89. The fourth-order valence-electron chi connectivity index (χ4n) is 2.80. The third-order valence-corrected chi connectivity index (χ3v) is 4.17. The van der Waals surface area contributed by atoms with E-state index >= 15 is 0 Å². The number of anilines is 1. The van der Waals surface area contributed by atoms with Crippen LogP contribution in [0.3, 0.4) is 0 Å². The van der Waals surface area contributed by atoms with Crippen molar-refractivity contribution in [3.63, 3.8) is 0 Å². The molecule has 1 aliphatic rings. The molecule has 6 nitrogen and oxygen atoms in total. The quantitative estimate of drug-likeness (QED) is 0.762. The summed E-state index contributed by atoms with van der Waals surface area (Å²) in [6.07, 6.45) is 2.16. The number of nitrogens with zero attached hydrogens (tertiary/aromatic N) is 4. The molecule has 0 radical (unpaired) electrons. The van der Waals surface area contributed by atoms with Crippen LogP contribution in [0.15, 0.2) is 18.2 Å². The van der Waals surface area contributed by atoms with Gasteiger partial charge in [-0.1, -0.05) is 25.0 Å². The van der Waals surface area contributed by atoms with Gasteiger partial charge in [0.2, 0.25) is 5.95 Å². The van der Waals surface area contributed by atoms with Gasteiger partial charge in [0.05, 0.1) is 25.4 Å². The van der Waals surface area contributed by atoms with E-state index in [0.717, 1.165) is 63.0 Å². The Morgan fingerprint density at radius 1 is 1.25 bits per heavy atom. The van der Waals surface area contributed by atoms with Gasteiger partial charge >= 0.3 is 0 Å². The van der Waals surface area contributed by atoms with Gasteiger partial charge in [0.15, 0.2) is 5.82 Å². The smallest absolute Gasteiger partial charge is 0.224 e. The molecule has 0 amide bonds. The van der Waals surface area contributed by atoms with E-state index in [0.29, 0.717) is 5.82 Å². The van der Waals surface area contributed by atoms with Crippen LogP contribution in [0.2, 0.25) is 0 Å². The predicted octanol–water partition coefficient (Wildman–Crippen LogP) is 2.81. The summed E-state index contributed by atoms with van der Waals surface area (Å²) < 4.78 is 13.2. The zero-order valence-corrected chi connectivity index (χ0v) is 14.8. The van der Waals surface area contributed by atoms with Gasteiger partial charge in [0, 0.05) is 20.1 Å². The molecule has 0 spiro atoms. The molecule has 1 aliphatic heterocycles. The summed E-state index contributed by atoms with van der Waals surface area (Å²) in [6, 6.07) is 6.18. The SMILES string of the molecule is CCCCOc1ccc(C)cc1-c1nc(N2CCOCC2)n(C)n1. The Hall–Kier alpha value is -2.08. The highest BCUT2D eigenvalue weighted by molar-refractivity contribution is 5.66. The molecular weight excluding hydrogens is 304 g/mol. The lowest BCUT2D eigenvalue weighted by Crippen LogP contribution is -2.37. The van der Waals surface area contributed by atoms with Crippen molar-refractivity contribution < 1.29 is 9.47 Å². The first kappa shape index (κ1) is 16.8. The third kappa shape index (κ3) is 3.70. The molecular formula is C18H26N4O2. The van der Waals surface area contributed by atoms with E-state index in [4.69, 9.17) is 14.5 Å². The number of hydrogen-bond donors (Lipinski definition) is 0. The molecule has 2 aromatic rings. The zero-order valence-electron chi connectivity index (χ0n) is 14.8. The standard InChI is InChI=1S/C18H26N4O2/c1-4-5-10-24-16-7-6-14(2)13-15(16)17-19-18(21(3)20-17)22-8-11-23-12-9-22/h6-7,13H,4-5,8-12H2,1-3H3. The Morgan fingerprint density at radius 3 is 2.79 bits per heavy atom. The lowest BCUT2D eigenvalue weighted by atomic mass is 10.1. The van der Waals surface area contributed by atoms with E-state index in [-0.39, 0.29) is 0 Å². The second-order valence-corrected chi connectivity index (χ2v) is 6.16. The average molecular weight is 330 g/mol. The van der Waals surface area contributed by atoms with Gasteiger partial charge < -0.3 is 14.4 Å². The summed E-state index contributed by atoms with van der Waals surface area (Å²) in [7, 11) is 1.94. The van der Waals surface area contributed by atoms with Gasteiger partial charge in [-0.2, -0.15) is 4.98 Å². The molecule has 1 fully saturated rings. The number of unbranched alkanes of at least 4 members (excludes halogenated alkanes) is 1. The van der Waals surface area contributed by atoms with Crippen molar-refractivity contribution in [2.75, 3.05) is 37.8 Å². The van der Waals surface area contributed by atoms with Crippen LogP contribution < -0.4 is 9.64 Å². The Labute approximate surface area is 143 Å². The molecule has 0 bridgehead atoms. The van der Waals surface area contributed by atoms with Crippen molar-refractivity contribution in [3.8, 4) is 17.1 Å². The highest BCUT2D eigenvalue weighted by atomic mass is 16.5. The maximum absolute atomic E-state index is 5.96. The maximum atomic E-state index is 5.96. The van der Waals surface area contributed by atoms with E-state index in [1.807, 2.05) is 17.8 Å². The zero-order chi connectivity index (χ0) is 16.9. The molecule has 6 heteroatoms. The third-order valence-electron chi connectivity index (χ3n) is 4.17. The van der Waals surface area contributed by atoms with Crippen molar-refractivity contribution in [1.29, 1.82) is 0 Å². The molecule has 2 heterocycles. The fourth-order valence-corrected chi connectivity index (χ4v) is 2.80. The molecule has 1 aromatic carbocycles. The average Bonchev–Trinajstić information content (AvgIpc) is 2.99. The lowest BCUT2D eigenvalue weighted by molar-refractivity contribution is 0.121. The number of morpholine rings is 1. The molecule has 1 aromatic heterocycles. The first-order chi connectivity index (χ1) is 11.7. The van der Waals surface area contributed by atoms with E-state index in [1.165, 1.54) is 5.56 Å². The van der Waals surface area contributed by atoms with Gasteiger partial charge in [0.25, 0.3) is 0 Å². The minimum Gasteiger partial charge on any atom is -0.493 e. The number of aryl methyl sites for hydroxylation is 2. The van der Waals surface area contributed by atoms with Crippen molar-refractivity contribution >= 4 is 5.95 Å². The number of rotatable bonds is 6. The number of benzene rings is 1. The normalized spacial score (nSPS) is 14.9. The van der Waals surface area contributed by atoms with Crippen molar-refractivity contribution in [1.82, 2.24) is 14.8 Å². The van der Waals surface area contributed by atoms with E-state index in [1.54, 1.807) is 0 Å². The Kier molecular flexibility index (Phi) is 5.35. The Bertz CT molecular complexity index is 678. The molecule has 0 saturated carbocycles. The molecule has 0 unspecified atom stereocenters. The maximum Gasteiger partial charge on any atom is 0.224 e. The largest absolute Gasteiger partial charge is 0.493 e. The molecule has 1 saturated heterocycles. The molecule has 130 valence electrons. The summed E-state index contributed by atoms with van der Waals surface area (Å²) >= 11 is 0. The summed E-state index contributed by atoms with van der Waals surface area (Å²) in [4.78, 5) is 6.99. The van der Waals surface area contributed by atoms with Crippen LogP contribution in [0, 0.1) is 6.92 Å². The van der Waals surface area contributed by atoms with Crippen molar-refractivity contribution in [2.24, 2.45) is 7.05 Å². The highest BCUT2D eigenvalue weighted by Crippen LogP contribution is 2.30. The fraction of sp³-hybridized carbons (Fsp3) is 0.556. The second-order valence-electron chi connectivity index (χ2n) is 6.16. The van der Waals surface area contributed by atoms with Crippen LogP contribution in [-0.2, 0) is 11.8 Å². The van der Waals surface area contributed by atoms with Crippen LogP contribution in [0.4, 0.5) is 5.95 Å². The van der Waals surface area contributed by atoms with Crippen LogP contribution in [0.1, 0.15) is 25.3 Å². The number of hydrogen-bond acceptors (Lipinski definition) is 5. The number of ether oxygens (including phenoxy) is 2. The summed E-state index contributed by atoms with van der Waals surface area (Å²) in [5.41, 5.74) is 2.13. The van der Waals surface area contributed by atoms with E-state index in [2.05, 4.69) is 36.0 Å². The minimum absolute atomic E-state index is 0.717. The van der Waals surface area contributed by atoms with Crippen LogP contribution in [-0.4, -0.2) is 47.7 Å². The van der Waals surface area contributed by atoms with Crippen LogP contribution in [0.25, 0.3) is 11.4 Å². The first-order valence-electron chi connectivity index (χ1n) is 8.66. The van der Waals surface area contributed by atoms with E-state index in [9.17, 15) is 0 Å². The molecule has 0 atom stereocenters. The Morgan fingerprint density at radius 2 is 2.04 bits per heavy atom. The van der Waals surface area contributed by atoms with Crippen LogP contribution in [0.5, 0.6) is 5.75 Å². The summed E-state index contributed by atoms with van der Waals surface area (Å²) in [5, 5.41) is 4.63. The minimum atomic E-state index is 0.717. The van der Waals surface area contributed by atoms with Crippen molar-refractivity contribution in [2.45, 2.75) is 26.7 Å². The lowest BCUT2D eigenvalue weighted by Gasteiger charge is -2.26. The molecule has 0 N–H and O–H groups in total. The molecule has 3 rings (SSSR count). The van der Waals surface area contributed by atoms with Crippen molar-refractivity contribution in [3.05, 3.63) is 23.8 Å². The predicted molar refractivity (Wildman–Crippen MR) is 94.6 cm³/mol. The van der Waals surface area contributed by atoms with Gasteiger partial charge in [0.1, 0.15) is 5.75 Å². The number of aromatic nitrogens is 3.